The van der Waals surface area contributed by atoms with Crippen molar-refractivity contribution in [2.75, 3.05) is 26.8 Å². The summed E-state index contributed by atoms with van der Waals surface area (Å²) in [7, 11) is 4.46. The zero-order chi connectivity index (χ0) is 22.7. The summed E-state index contributed by atoms with van der Waals surface area (Å²) in [4.78, 5) is 38.6. The summed E-state index contributed by atoms with van der Waals surface area (Å²) in [5.41, 5.74) is 3.08. The number of rotatable bonds is 6. The van der Waals surface area contributed by atoms with Crippen LogP contribution in [0.3, 0.4) is 0 Å². The number of benzene rings is 2. The van der Waals surface area contributed by atoms with Crippen LogP contribution >= 0.6 is 0 Å². The number of carbonyl (C=O) groups excluding carboxylic acids is 1. The number of methoxy groups -OCH3 is 3. The fourth-order valence-corrected chi connectivity index (χ4v) is 3.22. The normalized spacial score (nSPS) is 10.6. The zero-order valence-electron chi connectivity index (χ0n) is 17.5. The van der Waals surface area contributed by atoms with Gasteiger partial charge in [-0.05, 0) is 24.3 Å². The lowest BCUT2D eigenvalue weighted by Crippen LogP contribution is -2.35. The van der Waals surface area contributed by atoms with E-state index >= 15 is 0 Å². The second kappa shape index (κ2) is 8.72. The van der Waals surface area contributed by atoms with Crippen LogP contribution in [0.1, 0.15) is 10.5 Å². The Labute approximate surface area is 182 Å². The largest absolute Gasteiger partial charge is 0.493 e. The Kier molecular flexibility index (Phi) is 5.67. The summed E-state index contributed by atoms with van der Waals surface area (Å²) < 4.78 is 17.3. The predicted molar refractivity (Wildman–Crippen MR) is 117 cm³/mol. The lowest BCUT2D eigenvalue weighted by Gasteiger charge is -2.17. The minimum atomic E-state index is -0.619. The molecule has 0 aliphatic carbocycles. The van der Waals surface area contributed by atoms with Gasteiger partial charge in [-0.2, -0.15) is 4.68 Å². The molecule has 0 fully saturated rings. The molecule has 2 aromatic heterocycles. The fraction of sp³-hybridized carbons (Fsp3) is 0.136. The van der Waals surface area contributed by atoms with Crippen molar-refractivity contribution in [1.82, 2.24) is 19.6 Å². The van der Waals surface area contributed by atoms with E-state index in [1.165, 1.54) is 39.9 Å². The van der Waals surface area contributed by atoms with Gasteiger partial charge in [0.2, 0.25) is 5.75 Å². The van der Waals surface area contributed by atoms with Gasteiger partial charge >= 0.3 is 0 Å². The fourth-order valence-electron chi connectivity index (χ4n) is 3.22. The minimum Gasteiger partial charge on any atom is -0.493 e. The Balaban J connectivity index is 1.96. The van der Waals surface area contributed by atoms with E-state index in [-0.39, 0.29) is 11.5 Å². The highest BCUT2D eigenvalue weighted by molar-refractivity contribution is 5.98. The molecule has 4 aromatic rings. The standard InChI is InChI=1S/C22H19N5O5/c1-30-17-10-13(11-18(31-2)19(17)32-3)20-25-15-7-5-4-6-14(15)22(29)27(20)26-21(28)16-12-23-8-9-24-16/h4-12H,1-3H3,(H,26,28). The van der Waals surface area contributed by atoms with Crippen LogP contribution in [-0.2, 0) is 0 Å². The summed E-state index contributed by atoms with van der Waals surface area (Å²) >= 11 is 0. The quantitative estimate of drug-likeness (QED) is 0.492. The molecule has 32 heavy (non-hydrogen) atoms. The minimum absolute atomic E-state index is 0.0448. The number of nitrogens with one attached hydrogen (secondary N) is 1. The molecule has 0 aliphatic heterocycles. The number of hydrogen-bond acceptors (Lipinski definition) is 8. The van der Waals surface area contributed by atoms with E-state index in [2.05, 4.69) is 20.4 Å². The van der Waals surface area contributed by atoms with Crippen LogP contribution in [0.5, 0.6) is 17.2 Å². The number of fused-ring (bicyclic) bond motifs is 1. The Morgan fingerprint density at radius 2 is 1.72 bits per heavy atom. The average molecular weight is 433 g/mol. The molecule has 1 amide bonds. The molecule has 10 heteroatoms. The van der Waals surface area contributed by atoms with Crippen LogP contribution < -0.4 is 25.2 Å². The summed E-state index contributed by atoms with van der Waals surface area (Å²) in [6.07, 6.45) is 4.13. The van der Waals surface area contributed by atoms with Gasteiger partial charge in [0.1, 0.15) is 5.69 Å². The number of hydrogen-bond donors (Lipinski definition) is 1. The maximum Gasteiger partial charge on any atom is 0.290 e. The Bertz CT molecular complexity index is 1330. The highest BCUT2D eigenvalue weighted by atomic mass is 16.5. The van der Waals surface area contributed by atoms with E-state index in [0.29, 0.717) is 33.7 Å². The van der Waals surface area contributed by atoms with Gasteiger partial charge < -0.3 is 14.2 Å². The van der Waals surface area contributed by atoms with Crippen LogP contribution in [0.15, 0.2) is 59.8 Å². The average Bonchev–Trinajstić information content (AvgIpc) is 2.85. The summed E-state index contributed by atoms with van der Waals surface area (Å²) in [6.45, 7) is 0. The van der Waals surface area contributed by atoms with E-state index in [1.807, 2.05) is 0 Å². The van der Waals surface area contributed by atoms with Crippen molar-refractivity contribution in [3.63, 3.8) is 0 Å². The first-order chi connectivity index (χ1) is 15.6. The van der Waals surface area contributed by atoms with Crippen LogP contribution in [-0.4, -0.2) is 46.9 Å². The van der Waals surface area contributed by atoms with Gasteiger partial charge in [-0.15, -0.1) is 0 Å². The number of para-hydroxylation sites is 1. The third-order valence-electron chi connectivity index (χ3n) is 4.71. The number of carbonyl (C=O) groups is 1. The Morgan fingerprint density at radius 3 is 2.34 bits per heavy atom. The molecule has 0 saturated heterocycles. The lowest BCUT2D eigenvalue weighted by atomic mass is 10.1. The van der Waals surface area contributed by atoms with Gasteiger partial charge in [0, 0.05) is 18.0 Å². The SMILES string of the molecule is COc1cc(-c2nc3ccccc3c(=O)n2NC(=O)c2cnccn2)cc(OC)c1OC. The van der Waals surface area contributed by atoms with Crippen molar-refractivity contribution < 1.29 is 19.0 Å². The second-order valence-corrected chi connectivity index (χ2v) is 6.54. The van der Waals surface area contributed by atoms with Crippen molar-refractivity contribution in [2.45, 2.75) is 0 Å². The number of aromatic nitrogens is 4. The van der Waals surface area contributed by atoms with Crippen LogP contribution in [0.4, 0.5) is 0 Å². The molecule has 0 unspecified atom stereocenters. The van der Waals surface area contributed by atoms with Gasteiger partial charge in [0.15, 0.2) is 17.3 Å². The van der Waals surface area contributed by atoms with E-state index in [9.17, 15) is 9.59 Å². The van der Waals surface area contributed by atoms with E-state index in [4.69, 9.17) is 14.2 Å². The van der Waals surface area contributed by atoms with Crippen LogP contribution in [0, 0.1) is 0 Å². The molecular weight excluding hydrogens is 414 g/mol. The monoisotopic (exact) mass is 433 g/mol. The molecule has 4 rings (SSSR count). The first-order valence-electron chi connectivity index (χ1n) is 9.47. The molecule has 0 radical (unpaired) electrons. The van der Waals surface area contributed by atoms with Crippen LogP contribution in [0.25, 0.3) is 22.3 Å². The van der Waals surface area contributed by atoms with Gasteiger partial charge in [-0.25, -0.2) is 9.97 Å². The molecule has 0 aliphatic rings. The van der Waals surface area contributed by atoms with Crippen molar-refractivity contribution in [1.29, 1.82) is 0 Å². The van der Waals surface area contributed by atoms with E-state index in [1.54, 1.807) is 36.4 Å². The molecular formula is C22H19N5O5. The molecule has 10 nitrogen and oxygen atoms in total. The van der Waals surface area contributed by atoms with Crippen LogP contribution in [0.2, 0.25) is 0 Å². The maximum atomic E-state index is 13.3. The summed E-state index contributed by atoms with van der Waals surface area (Å²) in [5, 5.41) is 0.336. The zero-order valence-corrected chi connectivity index (χ0v) is 17.5. The molecule has 162 valence electrons. The number of nitrogens with zero attached hydrogens (tertiary/aromatic N) is 4. The van der Waals surface area contributed by atoms with Gasteiger partial charge in [0.05, 0.1) is 38.4 Å². The van der Waals surface area contributed by atoms with Gasteiger partial charge in [0.25, 0.3) is 11.5 Å². The summed E-state index contributed by atoms with van der Waals surface area (Å²) in [5.74, 6) is 0.681. The van der Waals surface area contributed by atoms with Crippen molar-refractivity contribution >= 4 is 16.8 Å². The van der Waals surface area contributed by atoms with Crippen molar-refractivity contribution in [3.8, 4) is 28.6 Å². The first-order valence-corrected chi connectivity index (χ1v) is 9.47. The third-order valence-corrected chi connectivity index (χ3v) is 4.71. The molecule has 2 heterocycles. The molecule has 0 atom stereocenters. The Morgan fingerprint density at radius 1 is 1.00 bits per heavy atom. The molecule has 0 saturated carbocycles. The Hall–Kier alpha value is -4.47. The molecule has 0 spiro atoms. The topological polar surface area (TPSA) is 117 Å². The summed E-state index contributed by atoms with van der Waals surface area (Å²) in [6, 6.07) is 10.1. The molecule has 1 N–H and O–H groups in total. The highest BCUT2D eigenvalue weighted by Gasteiger charge is 2.20. The predicted octanol–water partition coefficient (Wildman–Crippen LogP) is 2.26. The highest BCUT2D eigenvalue weighted by Crippen LogP contribution is 2.40. The first kappa shape index (κ1) is 20.8. The van der Waals surface area contributed by atoms with Gasteiger partial charge in [-0.1, -0.05) is 12.1 Å². The second-order valence-electron chi connectivity index (χ2n) is 6.54. The lowest BCUT2D eigenvalue weighted by molar-refractivity contribution is 0.100. The number of amides is 1. The number of ether oxygens (including phenoxy) is 3. The third kappa shape index (κ3) is 3.69. The van der Waals surface area contributed by atoms with E-state index in [0.717, 1.165) is 4.68 Å². The maximum absolute atomic E-state index is 13.3. The van der Waals surface area contributed by atoms with Crippen molar-refractivity contribution in [3.05, 3.63) is 71.0 Å². The van der Waals surface area contributed by atoms with Gasteiger partial charge in [-0.3, -0.25) is 20.0 Å². The molecule has 2 aromatic carbocycles. The molecule has 0 bridgehead atoms. The van der Waals surface area contributed by atoms with E-state index < -0.39 is 11.5 Å². The smallest absolute Gasteiger partial charge is 0.290 e. The van der Waals surface area contributed by atoms with Crippen molar-refractivity contribution in [2.24, 2.45) is 0 Å².